The molecule has 0 spiro atoms. The third-order valence-corrected chi connectivity index (χ3v) is 5.31. The number of likely N-dealkylation sites (tertiary alicyclic amines) is 1. The Morgan fingerprint density at radius 1 is 1.18 bits per heavy atom. The highest BCUT2D eigenvalue weighted by Crippen LogP contribution is 2.25. The van der Waals surface area contributed by atoms with Crippen LogP contribution in [-0.2, 0) is 6.54 Å². The Bertz CT molecular complexity index is 431. The lowest BCUT2D eigenvalue weighted by Crippen LogP contribution is -2.49. The van der Waals surface area contributed by atoms with Gasteiger partial charge < -0.3 is 10.4 Å². The summed E-state index contributed by atoms with van der Waals surface area (Å²) in [6.07, 6.45) is 11.3. The molecule has 0 bridgehead atoms. The maximum atomic E-state index is 9.54. The summed E-state index contributed by atoms with van der Waals surface area (Å²) >= 11 is 0. The molecule has 1 aromatic heterocycles. The highest BCUT2D eigenvalue weighted by atomic mass is 16.3. The predicted octanol–water partition coefficient (Wildman–Crippen LogP) is 2.19. The van der Waals surface area contributed by atoms with Crippen molar-refractivity contribution in [2.75, 3.05) is 19.7 Å². The van der Waals surface area contributed by atoms with Crippen molar-refractivity contribution in [3.05, 3.63) is 30.1 Å². The zero-order chi connectivity index (χ0) is 15.2. The van der Waals surface area contributed by atoms with E-state index in [0.29, 0.717) is 24.6 Å². The minimum absolute atomic E-state index is 0.345. The molecule has 0 radical (unpaired) electrons. The lowest BCUT2D eigenvalue weighted by molar-refractivity contribution is 0.126. The Balaban J connectivity index is 1.43. The summed E-state index contributed by atoms with van der Waals surface area (Å²) in [5.41, 5.74) is 1.31. The van der Waals surface area contributed by atoms with Gasteiger partial charge in [-0.15, -0.1) is 0 Å². The molecule has 0 aromatic carbocycles. The van der Waals surface area contributed by atoms with E-state index in [1.54, 1.807) is 0 Å². The predicted molar refractivity (Wildman–Crippen MR) is 88.5 cm³/mol. The number of piperidine rings is 1. The third-order valence-electron chi connectivity index (χ3n) is 5.31. The fourth-order valence-corrected chi connectivity index (χ4v) is 3.96. The molecule has 2 unspecified atom stereocenters. The van der Waals surface area contributed by atoms with Crippen molar-refractivity contribution < 1.29 is 5.11 Å². The Morgan fingerprint density at radius 2 is 2.00 bits per heavy atom. The number of aromatic nitrogens is 1. The number of hydrogen-bond acceptors (Lipinski definition) is 4. The van der Waals surface area contributed by atoms with Crippen LogP contribution >= 0.6 is 0 Å². The molecule has 2 atom stereocenters. The molecular weight excluding hydrogens is 274 g/mol. The molecule has 1 aliphatic carbocycles. The van der Waals surface area contributed by atoms with Gasteiger partial charge in [0.2, 0.25) is 0 Å². The van der Waals surface area contributed by atoms with Crippen molar-refractivity contribution in [3.8, 4) is 0 Å². The minimum Gasteiger partial charge on any atom is -0.396 e. The molecule has 2 aliphatic rings. The topological polar surface area (TPSA) is 48.4 Å². The second-order valence-corrected chi connectivity index (χ2v) is 6.91. The first-order valence-electron chi connectivity index (χ1n) is 8.83. The molecular formula is C18H29N3O. The smallest absolute Gasteiger partial charge is 0.0474 e. The van der Waals surface area contributed by atoms with E-state index in [2.05, 4.69) is 21.3 Å². The molecule has 1 aromatic rings. The molecule has 2 fully saturated rings. The summed E-state index contributed by atoms with van der Waals surface area (Å²) in [5.74, 6) is 0.474. The van der Waals surface area contributed by atoms with Gasteiger partial charge >= 0.3 is 0 Å². The standard InChI is InChI=1S/C18H29N3O/c22-14-16-5-1-2-6-18(16)20-17-7-10-21(11-8-17)13-15-4-3-9-19-12-15/h3-4,9,12,16-18,20,22H,1-2,5-8,10-11,13-14H2. The molecule has 3 rings (SSSR count). The maximum absolute atomic E-state index is 9.54. The number of nitrogens with zero attached hydrogens (tertiary/aromatic N) is 2. The average Bonchev–Trinajstić information content (AvgIpc) is 2.58. The van der Waals surface area contributed by atoms with Crippen molar-refractivity contribution in [2.24, 2.45) is 5.92 Å². The second-order valence-electron chi connectivity index (χ2n) is 6.91. The van der Waals surface area contributed by atoms with Gasteiger partial charge in [0.1, 0.15) is 0 Å². The molecule has 122 valence electrons. The van der Waals surface area contributed by atoms with E-state index >= 15 is 0 Å². The molecule has 1 saturated carbocycles. The molecule has 22 heavy (non-hydrogen) atoms. The van der Waals surface area contributed by atoms with Gasteiger partial charge in [-0.25, -0.2) is 0 Å². The lowest BCUT2D eigenvalue weighted by atomic mass is 9.84. The minimum atomic E-state index is 0.345. The quantitative estimate of drug-likeness (QED) is 0.875. The highest BCUT2D eigenvalue weighted by molar-refractivity contribution is 5.08. The first-order chi connectivity index (χ1) is 10.8. The van der Waals surface area contributed by atoms with Crippen LogP contribution in [0.1, 0.15) is 44.1 Å². The number of hydrogen-bond donors (Lipinski definition) is 2. The number of rotatable bonds is 5. The largest absolute Gasteiger partial charge is 0.396 e. The van der Waals surface area contributed by atoms with Gasteiger partial charge in [0.15, 0.2) is 0 Å². The van der Waals surface area contributed by atoms with Gasteiger partial charge in [-0.05, 0) is 56.3 Å². The van der Waals surface area contributed by atoms with Gasteiger partial charge in [-0.2, -0.15) is 0 Å². The Kier molecular flexibility index (Phi) is 5.82. The lowest BCUT2D eigenvalue weighted by Gasteiger charge is -2.38. The van der Waals surface area contributed by atoms with Crippen molar-refractivity contribution in [1.29, 1.82) is 0 Å². The zero-order valence-electron chi connectivity index (χ0n) is 13.5. The van der Waals surface area contributed by atoms with E-state index in [0.717, 1.165) is 19.6 Å². The Hall–Kier alpha value is -0.970. The number of pyridine rings is 1. The van der Waals surface area contributed by atoms with E-state index in [4.69, 9.17) is 0 Å². The van der Waals surface area contributed by atoms with Crippen LogP contribution in [0.4, 0.5) is 0 Å². The van der Waals surface area contributed by atoms with Gasteiger partial charge in [0.05, 0.1) is 0 Å². The van der Waals surface area contributed by atoms with E-state index in [1.807, 2.05) is 18.5 Å². The summed E-state index contributed by atoms with van der Waals surface area (Å²) in [6.45, 7) is 3.67. The number of aliphatic hydroxyl groups is 1. The first kappa shape index (κ1) is 15.9. The van der Waals surface area contributed by atoms with Gasteiger partial charge in [-0.3, -0.25) is 9.88 Å². The van der Waals surface area contributed by atoms with Crippen LogP contribution in [0, 0.1) is 5.92 Å². The molecule has 4 heteroatoms. The Labute approximate surface area is 133 Å². The fraction of sp³-hybridized carbons (Fsp3) is 0.722. The van der Waals surface area contributed by atoms with Gasteiger partial charge in [-0.1, -0.05) is 18.9 Å². The van der Waals surface area contributed by atoms with Crippen LogP contribution in [-0.4, -0.2) is 46.8 Å². The van der Waals surface area contributed by atoms with Crippen molar-refractivity contribution >= 4 is 0 Å². The Morgan fingerprint density at radius 3 is 2.73 bits per heavy atom. The van der Waals surface area contributed by atoms with Crippen LogP contribution in [0.25, 0.3) is 0 Å². The fourth-order valence-electron chi connectivity index (χ4n) is 3.96. The molecule has 1 saturated heterocycles. The van der Waals surface area contributed by atoms with Crippen LogP contribution in [0.2, 0.25) is 0 Å². The van der Waals surface area contributed by atoms with Crippen LogP contribution in [0.5, 0.6) is 0 Å². The van der Waals surface area contributed by atoms with E-state index in [9.17, 15) is 5.11 Å². The van der Waals surface area contributed by atoms with Gasteiger partial charge in [0.25, 0.3) is 0 Å². The van der Waals surface area contributed by atoms with Gasteiger partial charge in [0, 0.05) is 37.6 Å². The first-order valence-corrected chi connectivity index (χ1v) is 8.83. The molecule has 2 heterocycles. The van der Waals surface area contributed by atoms with Crippen molar-refractivity contribution in [3.63, 3.8) is 0 Å². The van der Waals surface area contributed by atoms with Crippen molar-refractivity contribution in [1.82, 2.24) is 15.2 Å². The van der Waals surface area contributed by atoms with Crippen molar-refractivity contribution in [2.45, 2.75) is 57.2 Å². The molecule has 0 amide bonds. The SMILES string of the molecule is OCC1CCCCC1NC1CCN(Cc2cccnc2)CC1. The second kappa shape index (κ2) is 8.04. The maximum Gasteiger partial charge on any atom is 0.0474 e. The summed E-state index contributed by atoms with van der Waals surface area (Å²) in [4.78, 5) is 6.72. The summed E-state index contributed by atoms with van der Waals surface area (Å²) in [6, 6.07) is 5.34. The summed E-state index contributed by atoms with van der Waals surface area (Å²) in [7, 11) is 0. The number of nitrogens with one attached hydrogen (secondary N) is 1. The van der Waals surface area contributed by atoms with Crippen LogP contribution in [0.3, 0.4) is 0 Å². The molecule has 2 N–H and O–H groups in total. The van der Waals surface area contributed by atoms with Crippen LogP contribution < -0.4 is 5.32 Å². The zero-order valence-corrected chi connectivity index (χ0v) is 13.5. The van der Waals surface area contributed by atoms with Crippen LogP contribution in [0.15, 0.2) is 24.5 Å². The molecule has 1 aliphatic heterocycles. The normalized spacial score (nSPS) is 27.9. The van der Waals surface area contributed by atoms with E-state index in [1.165, 1.54) is 44.1 Å². The highest BCUT2D eigenvalue weighted by Gasteiger charge is 2.28. The summed E-state index contributed by atoms with van der Waals surface area (Å²) in [5, 5.41) is 13.4. The number of aliphatic hydroxyl groups excluding tert-OH is 1. The average molecular weight is 303 g/mol. The monoisotopic (exact) mass is 303 g/mol. The van der Waals surface area contributed by atoms with E-state index < -0.39 is 0 Å². The third kappa shape index (κ3) is 4.28. The molecule has 4 nitrogen and oxygen atoms in total. The summed E-state index contributed by atoms with van der Waals surface area (Å²) < 4.78 is 0. The van der Waals surface area contributed by atoms with E-state index in [-0.39, 0.29) is 0 Å².